The molecule has 3 heterocycles. The van der Waals surface area contributed by atoms with Gasteiger partial charge in [-0.05, 0) is 18.8 Å². The summed E-state index contributed by atoms with van der Waals surface area (Å²) >= 11 is 0. The van der Waals surface area contributed by atoms with Gasteiger partial charge in [-0.25, -0.2) is 8.42 Å². The lowest BCUT2D eigenvalue weighted by Gasteiger charge is -2.26. The molecule has 0 aliphatic carbocycles. The molecule has 5 heteroatoms. The molecule has 0 aromatic heterocycles. The Morgan fingerprint density at radius 2 is 2.00 bits per heavy atom. The Bertz CT molecular complexity index is 337. The largest absolute Gasteiger partial charge is 0.352 e. The molecule has 0 saturated carbocycles. The molecule has 3 aliphatic rings. The fourth-order valence-electron chi connectivity index (χ4n) is 2.90. The second-order valence-electron chi connectivity index (χ2n) is 4.43. The van der Waals surface area contributed by atoms with Gasteiger partial charge < -0.3 is 9.47 Å². The zero-order valence-electron chi connectivity index (χ0n) is 7.89. The van der Waals surface area contributed by atoms with Crippen LogP contribution in [0.4, 0.5) is 0 Å². The number of sulfone groups is 1. The van der Waals surface area contributed by atoms with Gasteiger partial charge in [-0.1, -0.05) is 0 Å². The van der Waals surface area contributed by atoms with Crippen LogP contribution in [-0.4, -0.2) is 38.9 Å². The van der Waals surface area contributed by atoms with Gasteiger partial charge in [0.15, 0.2) is 16.1 Å². The molecule has 3 aliphatic heterocycles. The smallest absolute Gasteiger partial charge is 0.161 e. The predicted molar refractivity (Wildman–Crippen MR) is 49.5 cm³/mol. The van der Waals surface area contributed by atoms with Gasteiger partial charge in [-0.2, -0.15) is 0 Å². The number of fused-ring (bicyclic) bond motifs is 3. The monoisotopic (exact) mass is 218 g/mol. The van der Waals surface area contributed by atoms with Gasteiger partial charge in [0.05, 0.1) is 24.2 Å². The van der Waals surface area contributed by atoms with Crippen LogP contribution in [0.2, 0.25) is 0 Å². The lowest BCUT2D eigenvalue weighted by molar-refractivity contribution is -0.112. The average Bonchev–Trinajstić information content (AvgIpc) is 2.60. The summed E-state index contributed by atoms with van der Waals surface area (Å²) in [6, 6.07) is 0. The molecular weight excluding hydrogens is 204 g/mol. The molecule has 0 N–H and O–H groups in total. The molecule has 0 amide bonds. The standard InChI is InChI=1S/C9H14O4S/c10-14(11)4-2-6-7-1-3-12-9(7)13-8(6)5-14/h6-9H,1-5H2. The molecule has 3 rings (SSSR count). The van der Waals surface area contributed by atoms with Gasteiger partial charge in [0, 0.05) is 5.92 Å². The van der Waals surface area contributed by atoms with E-state index in [9.17, 15) is 8.42 Å². The van der Waals surface area contributed by atoms with Gasteiger partial charge in [0.2, 0.25) is 0 Å². The molecule has 3 fully saturated rings. The van der Waals surface area contributed by atoms with Crippen molar-refractivity contribution in [2.24, 2.45) is 11.8 Å². The highest BCUT2D eigenvalue weighted by molar-refractivity contribution is 7.91. The molecule has 0 aromatic carbocycles. The van der Waals surface area contributed by atoms with Gasteiger partial charge in [-0.3, -0.25) is 0 Å². The molecule has 14 heavy (non-hydrogen) atoms. The van der Waals surface area contributed by atoms with Crippen LogP contribution in [0.5, 0.6) is 0 Å². The average molecular weight is 218 g/mol. The van der Waals surface area contributed by atoms with Gasteiger partial charge in [0.1, 0.15) is 0 Å². The third-order valence-electron chi connectivity index (χ3n) is 3.60. The third kappa shape index (κ3) is 1.30. The quantitative estimate of drug-likeness (QED) is 0.582. The van der Waals surface area contributed by atoms with Crippen molar-refractivity contribution >= 4 is 9.84 Å². The maximum absolute atomic E-state index is 11.4. The number of hydrogen-bond acceptors (Lipinski definition) is 4. The second-order valence-corrected chi connectivity index (χ2v) is 6.66. The summed E-state index contributed by atoms with van der Waals surface area (Å²) in [6.45, 7) is 0.769. The molecule has 4 unspecified atom stereocenters. The number of rotatable bonds is 0. The Morgan fingerprint density at radius 3 is 2.86 bits per heavy atom. The zero-order chi connectivity index (χ0) is 9.76. The van der Waals surface area contributed by atoms with E-state index < -0.39 is 9.84 Å². The molecule has 4 nitrogen and oxygen atoms in total. The second kappa shape index (κ2) is 2.93. The summed E-state index contributed by atoms with van der Waals surface area (Å²) in [5, 5.41) is 0. The van der Waals surface area contributed by atoms with E-state index in [-0.39, 0.29) is 18.1 Å². The van der Waals surface area contributed by atoms with Crippen LogP contribution in [0, 0.1) is 11.8 Å². The summed E-state index contributed by atoms with van der Waals surface area (Å²) in [4.78, 5) is 0. The van der Waals surface area contributed by atoms with Crippen LogP contribution in [0.1, 0.15) is 12.8 Å². The fraction of sp³-hybridized carbons (Fsp3) is 1.00. The van der Waals surface area contributed by atoms with Crippen molar-refractivity contribution in [3.63, 3.8) is 0 Å². The number of hydrogen-bond donors (Lipinski definition) is 0. The maximum atomic E-state index is 11.4. The van der Waals surface area contributed by atoms with Crippen LogP contribution >= 0.6 is 0 Å². The Balaban J connectivity index is 1.83. The van der Waals surface area contributed by atoms with Crippen LogP contribution in [0.15, 0.2) is 0 Å². The van der Waals surface area contributed by atoms with E-state index in [1.807, 2.05) is 0 Å². The van der Waals surface area contributed by atoms with Crippen molar-refractivity contribution in [1.29, 1.82) is 0 Å². The Labute approximate surface area is 83.5 Å². The van der Waals surface area contributed by atoms with E-state index in [2.05, 4.69) is 0 Å². The first-order valence-electron chi connectivity index (χ1n) is 5.13. The lowest BCUT2D eigenvalue weighted by Crippen LogP contribution is -2.36. The minimum atomic E-state index is -2.85. The van der Waals surface area contributed by atoms with Crippen LogP contribution in [0.25, 0.3) is 0 Å². The number of ether oxygens (including phenoxy) is 2. The third-order valence-corrected chi connectivity index (χ3v) is 5.29. The minimum Gasteiger partial charge on any atom is -0.352 e. The van der Waals surface area contributed by atoms with E-state index in [1.165, 1.54) is 0 Å². The Kier molecular flexibility index (Phi) is 1.91. The molecule has 0 bridgehead atoms. The summed E-state index contributed by atoms with van der Waals surface area (Å²) in [5.41, 5.74) is 0. The first-order chi connectivity index (χ1) is 6.66. The van der Waals surface area contributed by atoms with Gasteiger partial charge in [-0.15, -0.1) is 0 Å². The van der Waals surface area contributed by atoms with Crippen LogP contribution in [-0.2, 0) is 19.3 Å². The first-order valence-corrected chi connectivity index (χ1v) is 6.95. The molecule has 3 saturated heterocycles. The molecular formula is C9H14O4S. The van der Waals surface area contributed by atoms with Crippen molar-refractivity contribution < 1.29 is 17.9 Å². The highest BCUT2D eigenvalue weighted by Gasteiger charge is 2.50. The summed E-state index contributed by atoms with van der Waals surface area (Å²) in [7, 11) is -2.85. The SMILES string of the molecule is O=S1(=O)CCC2C(C1)OC1OCCC12. The van der Waals surface area contributed by atoms with Gasteiger partial charge in [0.25, 0.3) is 0 Å². The van der Waals surface area contributed by atoms with Gasteiger partial charge >= 0.3 is 0 Å². The normalized spacial score (nSPS) is 50.0. The summed E-state index contributed by atoms with van der Waals surface area (Å²) in [5.74, 6) is 1.41. The van der Waals surface area contributed by atoms with Crippen molar-refractivity contribution in [3.05, 3.63) is 0 Å². The molecule has 0 radical (unpaired) electrons. The van der Waals surface area contributed by atoms with E-state index in [1.54, 1.807) is 0 Å². The first kappa shape index (κ1) is 9.12. The maximum Gasteiger partial charge on any atom is 0.161 e. The van der Waals surface area contributed by atoms with E-state index >= 15 is 0 Å². The van der Waals surface area contributed by atoms with Crippen molar-refractivity contribution in [2.75, 3.05) is 18.1 Å². The zero-order valence-corrected chi connectivity index (χ0v) is 8.70. The van der Waals surface area contributed by atoms with E-state index in [0.29, 0.717) is 17.6 Å². The van der Waals surface area contributed by atoms with Crippen molar-refractivity contribution in [2.45, 2.75) is 25.2 Å². The lowest BCUT2D eigenvalue weighted by atomic mass is 9.87. The summed E-state index contributed by atoms with van der Waals surface area (Å²) < 4.78 is 33.8. The highest BCUT2D eigenvalue weighted by atomic mass is 32.2. The van der Waals surface area contributed by atoms with Crippen LogP contribution < -0.4 is 0 Å². The van der Waals surface area contributed by atoms with Crippen molar-refractivity contribution in [1.82, 2.24) is 0 Å². The van der Waals surface area contributed by atoms with Crippen LogP contribution in [0.3, 0.4) is 0 Å². The Morgan fingerprint density at radius 1 is 1.14 bits per heavy atom. The van der Waals surface area contributed by atoms with E-state index in [0.717, 1.165) is 19.4 Å². The molecule has 4 atom stereocenters. The summed E-state index contributed by atoms with van der Waals surface area (Å²) in [6.07, 6.45) is 1.59. The molecule has 80 valence electrons. The molecule has 0 spiro atoms. The predicted octanol–water partition coefficient (Wildman–Crippen LogP) is 0.183. The highest BCUT2D eigenvalue weighted by Crippen LogP contribution is 2.43. The van der Waals surface area contributed by atoms with Crippen molar-refractivity contribution in [3.8, 4) is 0 Å². The molecule has 0 aromatic rings. The van der Waals surface area contributed by atoms with E-state index in [4.69, 9.17) is 9.47 Å². The Hall–Kier alpha value is -0.130. The topological polar surface area (TPSA) is 52.6 Å². The fourth-order valence-corrected chi connectivity index (χ4v) is 4.52. The minimum absolute atomic E-state index is 0.0935.